The number of nitrogens with one attached hydrogen (secondary N) is 1. The number of ether oxygens (including phenoxy) is 1. The predicted octanol–water partition coefficient (Wildman–Crippen LogP) is 3.60. The Kier molecular flexibility index (Phi) is 5.07. The average molecular weight is 287 g/mol. The van der Waals surface area contributed by atoms with Gasteiger partial charge < -0.3 is 10.1 Å². The standard InChI is InChI=1S/C16H17NO2S/c1-19-15-9-4-3-6-12(15)10-16(18)17-13-7-5-8-14(11-13)20-2/h3-9,11H,10H2,1-2H3,(H,17,18). The summed E-state index contributed by atoms with van der Waals surface area (Å²) < 4.78 is 5.25. The number of anilines is 1. The van der Waals surface area contributed by atoms with Crippen LogP contribution in [0.25, 0.3) is 0 Å². The minimum absolute atomic E-state index is 0.0484. The highest BCUT2D eigenvalue weighted by molar-refractivity contribution is 7.98. The third-order valence-corrected chi connectivity index (χ3v) is 3.62. The van der Waals surface area contributed by atoms with Gasteiger partial charge in [-0.25, -0.2) is 0 Å². The number of hydrogen-bond acceptors (Lipinski definition) is 3. The van der Waals surface area contributed by atoms with Crippen LogP contribution in [0.2, 0.25) is 0 Å². The summed E-state index contributed by atoms with van der Waals surface area (Å²) >= 11 is 1.65. The highest BCUT2D eigenvalue weighted by Crippen LogP contribution is 2.21. The summed E-state index contributed by atoms with van der Waals surface area (Å²) in [6.07, 6.45) is 2.31. The van der Waals surface area contributed by atoms with Crippen LogP contribution < -0.4 is 10.1 Å². The van der Waals surface area contributed by atoms with Gasteiger partial charge in [0.15, 0.2) is 0 Å². The second-order valence-electron chi connectivity index (χ2n) is 4.27. The van der Waals surface area contributed by atoms with Crippen molar-refractivity contribution in [3.8, 4) is 5.75 Å². The Hall–Kier alpha value is -1.94. The van der Waals surface area contributed by atoms with Crippen molar-refractivity contribution < 1.29 is 9.53 Å². The fraction of sp³-hybridized carbons (Fsp3) is 0.188. The van der Waals surface area contributed by atoms with Crippen LogP contribution in [-0.2, 0) is 11.2 Å². The lowest BCUT2D eigenvalue weighted by Crippen LogP contribution is -2.14. The third-order valence-electron chi connectivity index (χ3n) is 2.90. The van der Waals surface area contributed by atoms with Gasteiger partial charge in [0.05, 0.1) is 13.5 Å². The number of rotatable bonds is 5. The number of carbonyl (C=O) groups excluding carboxylic acids is 1. The molecule has 0 aromatic heterocycles. The molecule has 0 atom stereocenters. The average Bonchev–Trinajstić information content (AvgIpc) is 2.48. The van der Waals surface area contributed by atoms with Crippen LogP contribution in [0.3, 0.4) is 0 Å². The van der Waals surface area contributed by atoms with Crippen LogP contribution in [0.4, 0.5) is 5.69 Å². The van der Waals surface area contributed by atoms with Gasteiger partial charge >= 0.3 is 0 Å². The molecule has 3 nitrogen and oxygen atoms in total. The molecule has 2 aromatic carbocycles. The van der Waals surface area contributed by atoms with Gasteiger partial charge in [0.2, 0.25) is 5.91 Å². The molecule has 1 amide bonds. The van der Waals surface area contributed by atoms with Crippen LogP contribution in [0.15, 0.2) is 53.4 Å². The summed E-state index contributed by atoms with van der Waals surface area (Å²) in [5.74, 6) is 0.688. The molecule has 2 aromatic rings. The highest BCUT2D eigenvalue weighted by Gasteiger charge is 2.08. The number of amides is 1. The molecule has 0 saturated carbocycles. The first kappa shape index (κ1) is 14.5. The molecule has 0 spiro atoms. The molecule has 0 heterocycles. The van der Waals surface area contributed by atoms with Crippen molar-refractivity contribution in [3.05, 3.63) is 54.1 Å². The normalized spacial score (nSPS) is 10.1. The van der Waals surface area contributed by atoms with Gasteiger partial charge in [-0.15, -0.1) is 11.8 Å². The highest BCUT2D eigenvalue weighted by atomic mass is 32.2. The molecule has 1 N–H and O–H groups in total. The first-order chi connectivity index (χ1) is 9.72. The monoisotopic (exact) mass is 287 g/mol. The summed E-state index contributed by atoms with van der Waals surface area (Å²) in [6, 6.07) is 15.4. The van der Waals surface area contributed by atoms with Crippen molar-refractivity contribution in [2.75, 3.05) is 18.7 Å². The molecule has 0 unspecified atom stereocenters. The smallest absolute Gasteiger partial charge is 0.228 e. The predicted molar refractivity (Wildman–Crippen MR) is 83.6 cm³/mol. The van der Waals surface area contributed by atoms with Crippen LogP contribution in [0.5, 0.6) is 5.75 Å². The fourth-order valence-corrected chi connectivity index (χ4v) is 2.39. The number of para-hydroxylation sites is 1. The Morgan fingerprint density at radius 3 is 2.75 bits per heavy atom. The second-order valence-corrected chi connectivity index (χ2v) is 5.15. The second kappa shape index (κ2) is 7.01. The Balaban J connectivity index is 2.05. The SMILES string of the molecule is COc1ccccc1CC(=O)Nc1cccc(SC)c1. The summed E-state index contributed by atoms with van der Waals surface area (Å²) in [4.78, 5) is 13.2. The van der Waals surface area contributed by atoms with Crippen molar-refractivity contribution in [2.24, 2.45) is 0 Å². The van der Waals surface area contributed by atoms with Crippen LogP contribution >= 0.6 is 11.8 Å². The van der Waals surface area contributed by atoms with Gasteiger partial charge in [0.25, 0.3) is 0 Å². The molecule has 0 aliphatic heterocycles. The topological polar surface area (TPSA) is 38.3 Å². The Morgan fingerprint density at radius 2 is 2.00 bits per heavy atom. The zero-order chi connectivity index (χ0) is 14.4. The first-order valence-electron chi connectivity index (χ1n) is 6.28. The largest absolute Gasteiger partial charge is 0.496 e. The van der Waals surface area contributed by atoms with E-state index in [1.807, 2.05) is 54.8 Å². The maximum atomic E-state index is 12.1. The minimum atomic E-state index is -0.0484. The molecular weight excluding hydrogens is 270 g/mol. The lowest BCUT2D eigenvalue weighted by atomic mass is 10.1. The third kappa shape index (κ3) is 3.78. The Labute approximate surface area is 123 Å². The van der Waals surface area contributed by atoms with Crippen LogP contribution in [-0.4, -0.2) is 19.3 Å². The number of benzene rings is 2. The molecule has 2 rings (SSSR count). The van der Waals surface area contributed by atoms with E-state index in [0.29, 0.717) is 6.42 Å². The van der Waals surface area contributed by atoms with E-state index in [9.17, 15) is 4.79 Å². The van der Waals surface area contributed by atoms with Gasteiger partial charge in [-0.1, -0.05) is 24.3 Å². The quantitative estimate of drug-likeness (QED) is 0.854. The van der Waals surface area contributed by atoms with Crippen molar-refractivity contribution in [3.63, 3.8) is 0 Å². The van der Waals surface area contributed by atoms with E-state index in [2.05, 4.69) is 5.32 Å². The van der Waals surface area contributed by atoms with E-state index in [1.54, 1.807) is 18.9 Å². The molecule has 0 aliphatic rings. The number of hydrogen-bond donors (Lipinski definition) is 1. The maximum absolute atomic E-state index is 12.1. The van der Waals surface area contributed by atoms with E-state index in [1.165, 1.54) is 0 Å². The van der Waals surface area contributed by atoms with Crippen molar-refractivity contribution >= 4 is 23.4 Å². The Bertz CT molecular complexity index is 599. The molecule has 0 bridgehead atoms. The minimum Gasteiger partial charge on any atom is -0.496 e. The molecule has 0 fully saturated rings. The molecular formula is C16H17NO2S. The van der Waals surface area contributed by atoms with E-state index in [0.717, 1.165) is 21.9 Å². The molecule has 20 heavy (non-hydrogen) atoms. The fourth-order valence-electron chi connectivity index (χ4n) is 1.93. The van der Waals surface area contributed by atoms with E-state index in [4.69, 9.17) is 4.74 Å². The molecule has 0 radical (unpaired) electrons. The first-order valence-corrected chi connectivity index (χ1v) is 7.51. The molecule has 4 heteroatoms. The summed E-state index contributed by atoms with van der Waals surface area (Å²) in [5, 5.41) is 2.91. The van der Waals surface area contributed by atoms with E-state index >= 15 is 0 Å². The van der Waals surface area contributed by atoms with E-state index in [-0.39, 0.29) is 5.91 Å². The maximum Gasteiger partial charge on any atom is 0.228 e. The zero-order valence-electron chi connectivity index (χ0n) is 11.6. The molecule has 0 aliphatic carbocycles. The number of methoxy groups -OCH3 is 1. The number of carbonyl (C=O) groups is 1. The van der Waals surface area contributed by atoms with Gasteiger partial charge in [-0.3, -0.25) is 4.79 Å². The van der Waals surface area contributed by atoms with Gasteiger partial charge in [0.1, 0.15) is 5.75 Å². The molecule has 104 valence electrons. The lowest BCUT2D eigenvalue weighted by Gasteiger charge is -2.09. The van der Waals surface area contributed by atoms with Crippen molar-refractivity contribution in [1.29, 1.82) is 0 Å². The number of thioether (sulfide) groups is 1. The molecule has 0 saturated heterocycles. The van der Waals surface area contributed by atoms with Gasteiger partial charge in [0, 0.05) is 16.1 Å². The van der Waals surface area contributed by atoms with Crippen LogP contribution in [0.1, 0.15) is 5.56 Å². The summed E-state index contributed by atoms with van der Waals surface area (Å²) in [7, 11) is 1.61. The van der Waals surface area contributed by atoms with Crippen molar-refractivity contribution in [1.82, 2.24) is 0 Å². The van der Waals surface area contributed by atoms with E-state index < -0.39 is 0 Å². The Morgan fingerprint density at radius 1 is 1.20 bits per heavy atom. The zero-order valence-corrected chi connectivity index (χ0v) is 12.4. The summed E-state index contributed by atoms with van der Waals surface area (Å²) in [6.45, 7) is 0. The van der Waals surface area contributed by atoms with Crippen molar-refractivity contribution in [2.45, 2.75) is 11.3 Å². The van der Waals surface area contributed by atoms with Gasteiger partial charge in [-0.2, -0.15) is 0 Å². The lowest BCUT2D eigenvalue weighted by molar-refractivity contribution is -0.115. The summed E-state index contributed by atoms with van der Waals surface area (Å²) in [5.41, 5.74) is 1.70. The van der Waals surface area contributed by atoms with Gasteiger partial charge in [-0.05, 0) is 30.5 Å². The van der Waals surface area contributed by atoms with Crippen LogP contribution in [0, 0.1) is 0 Å².